The monoisotopic (exact) mass is 230 g/mol. The third kappa shape index (κ3) is 4.97. The van der Waals surface area contributed by atoms with E-state index in [1.165, 1.54) is 10.7 Å². The van der Waals surface area contributed by atoms with Crippen LogP contribution in [0.15, 0.2) is 12.3 Å². The van der Waals surface area contributed by atoms with Crippen LogP contribution in [0.25, 0.3) is 0 Å². The van der Waals surface area contributed by atoms with Gasteiger partial charge in [-0.25, -0.2) is 0 Å². The molecule has 1 rings (SSSR count). The second-order valence-corrected chi connectivity index (χ2v) is 3.30. The zero-order chi connectivity index (χ0) is 10.1. The Bertz CT molecular complexity index is 285. The van der Waals surface area contributed by atoms with Gasteiger partial charge in [0.25, 0.3) is 0 Å². The summed E-state index contributed by atoms with van der Waals surface area (Å²) < 4.78 is 37.4. The Balaban J connectivity index is 0.00000169. The van der Waals surface area contributed by atoms with Crippen LogP contribution in [-0.2, 0) is 6.32 Å². The Labute approximate surface area is 124 Å². The van der Waals surface area contributed by atoms with Gasteiger partial charge < -0.3 is 12.9 Å². The summed E-state index contributed by atoms with van der Waals surface area (Å²) in [4.78, 5) is 0. The molecule has 0 aliphatic carbocycles. The van der Waals surface area contributed by atoms with Gasteiger partial charge in [-0.3, -0.25) is 4.68 Å². The number of hydrogen-bond donors (Lipinski definition) is 0. The van der Waals surface area contributed by atoms with Crippen LogP contribution >= 0.6 is 0 Å². The van der Waals surface area contributed by atoms with Gasteiger partial charge in [0.2, 0.25) is 0 Å². The van der Waals surface area contributed by atoms with Crippen LogP contribution in [0.3, 0.4) is 0 Å². The predicted octanol–water partition coefficient (Wildman–Crippen LogP) is -0.603. The fourth-order valence-corrected chi connectivity index (χ4v) is 1.01. The van der Waals surface area contributed by atoms with Crippen LogP contribution in [-0.4, -0.2) is 16.8 Å². The van der Waals surface area contributed by atoms with Gasteiger partial charge in [-0.2, -0.15) is 5.10 Å². The molecule has 0 aromatic carbocycles. The fourth-order valence-electron chi connectivity index (χ4n) is 1.01. The van der Waals surface area contributed by atoms with Crippen LogP contribution in [0.5, 0.6) is 0 Å². The normalized spacial score (nSPS) is 11.6. The molecule has 0 aliphatic rings. The van der Waals surface area contributed by atoms with Crippen LogP contribution in [0.1, 0.15) is 25.6 Å². The smallest absolute Gasteiger partial charge is 0.449 e. The van der Waals surface area contributed by atoms with Crippen molar-refractivity contribution in [1.29, 1.82) is 0 Å². The van der Waals surface area contributed by atoms with E-state index in [-0.39, 0.29) is 63.1 Å². The van der Waals surface area contributed by atoms with Gasteiger partial charge in [0.05, 0.1) is 0 Å². The van der Waals surface area contributed by atoms with E-state index in [0.29, 0.717) is 0 Å². The molecule has 0 N–H and O–H groups in total. The maximum Gasteiger partial charge on any atom is 1.00 e. The molecule has 0 saturated heterocycles. The summed E-state index contributed by atoms with van der Waals surface area (Å²) in [6.07, 6.45) is 0.682. The summed E-state index contributed by atoms with van der Waals surface area (Å²) in [6, 6.07) is 1.52. The van der Waals surface area contributed by atoms with Gasteiger partial charge in [0.15, 0.2) is 0 Å². The van der Waals surface area contributed by atoms with Gasteiger partial charge in [-0.1, -0.05) is 0 Å². The summed E-state index contributed by atoms with van der Waals surface area (Å²) >= 11 is 0. The molecule has 14 heavy (non-hydrogen) atoms. The van der Waals surface area contributed by atoms with Crippen LogP contribution in [0.4, 0.5) is 12.9 Å². The number of nitrogens with zero attached hydrogens (tertiary/aromatic N) is 2. The van der Waals surface area contributed by atoms with Crippen molar-refractivity contribution in [3.8, 4) is 0 Å². The third-order valence-corrected chi connectivity index (χ3v) is 1.63. The minimum absolute atomic E-state index is 0. The molecule has 2 nitrogen and oxygen atoms in total. The molecule has 0 atom stereocenters. The average Bonchev–Trinajstić information content (AvgIpc) is 2.31. The molecule has 7 heteroatoms. The first-order valence-electron chi connectivity index (χ1n) is 4.13. The summed E-state index contributed by atoms with van der Waals surface area (Å²) in [7, 11) is 0. The van der Waals surface area contributed by atoms with E-state index in [1.807, 2.05) is 13.8 Å². The predicted molar refractivity (Wildman–Crippen MR) is 45.4 cm³/mol. The maximum atomic E-state index is 12.0. The topological polar surface area (TPSA) is 17.8 Å². The molecule has 0 unspecified atom stereocenters. The molecule has 0 bridgehead atoms. The van der Waals surface area contributed by atoms with Gasteiger partial charge in [-0.15, -0.1) is 0 Å². The van der Waals surface area contributed by atoms with Crippen molar-refractivity contribution in [2.75, 3.05) is 0 Å². The fraction of sp³-hybridized carbons (Fsp3) is 0.571. The van der Waals surface area contributed by atoms with Crippen LogP contribution in [0, 0.1) is 0 Å². The minimum atomic E-state index is -4.77. The SMILES string of the molecule is CC(C)n1ccc(C[B-](F)(F)F)n1.[K+]. The molecule has 0 amide bonds. The number of rotatable bonds is 3. The zero-order valence-corrected chi connectivity index (χ0v) is 11.7. The van der Waals surface area contributed by atoms with Crippen molar-refractivity contribution in [2.45, 2.75) is 26.2 Å². The molecule has 1 heterocycles. The standard InChI is InChI=1S/C7H11BF3N2.K/c1-6(2)13-4-3-7(12-13)5-8(9,10)11;/h3-4,6H,5H2,1-2H3;/q-1;+1. The Hall–Kier alpha value is 0.701. The Morgan fingerprint density at radius 3 is 2.36 bits per heavy atom. The number of hydrogen-bond acceptors (Lipinski definition) is 1. The molecular formula is C7H11BF3KN2. The summed E-state index contributed by atoms with van der Waals surface area (Å²) in [6.45, 7) is -1.03. The first-order chi connectivity index (χ1) is 5.88. The number of halogens is 3. The van der Waals surface area contributed by atoms with Crippen molar-refractivity contribution in [3.05, 3.63) is 18.0 Å². The maximum absolute atomic E-state index is 12.0. The Morgan fingerprint density at radius 2 is 2.00 bits per heavy atom. The molecule has 0 radical (unpaired) electrons. The van der Waals surface area contributed by atoms with Crippen molar-refractivity contribution in [3.63, 3.8) is 0 Å². The largest absolute Gasteiger partial charge is 1.00 e. The van der Waals surface area contributed by atoms with Crippen LogP contribution < -0.4 is 51.4 Å². The first-order valence-corrected chi connectivity index (χ1v) is 4.13. The zero-order valence-electron chi connectivity index (χ0n) is 8.54. The summed E-state index contributed by atoms with van der Waals surface area (Å²) in [5.41, 5.74) is 0.0983. The quantitative estimate of drug-likeness (QED) is 0.634. The van der Waals surface area contributed by atoms with Gasteiger partial charge in [-0.05, 0) is 26.2 Å². The molecule has 0 aliphatic heterocycles. The van der Waals surface area contributed by atoms with Gasteiger partial charge >= 0.3 is 58.4 Å². The van der Waals surface area contributed by atoms with E-state index in [1.54, 1.807) is 6.20 Å². The molecule has 74 valence electrons. The van der Waals surface area contributed by atoms with E-state index in [2.05, 4.69) is 5.10 Å². The molecule has 1 aromatic rings. The Kier molecular flexibility index (Phi) is 5.98. The van der Waals surface area contributed by atoms with Gasteiger partial charge in [0, 0.05) is 17.9 Å². The van der Waals surface area contributed by atoms with E-state index in [0.717, 1.165) is 0 Å². The van der Waals surface area contributed by atoms with Gasteiger partial charge in [0.1, 0.15) is 0 Å². The molecule has 0 saturated carbocycles. The second-order valence-electron chi connectivity index (χ2n) is 3.30. The Morgan fingerprint density at radius 1 is 1.43 bits per heavy atom. The minimum Gasteiger partial charge on any atom is -0.449 e. The van der Waals surface area contributed by atoms with Crippen molar-refractivity contribution >= 4 is 6.98 Å². The van der Waals surface area contributed by atoms with Crippen molar-refractivity contribution in [2.24, 2.45) is 0 Å². The van der Waals surface area contributed by atoms with E-state index in [9.17, 15) is 12.9 Å². The molecule has 1 aromatic heterocycles. The van der Waals surface area contributed by atoms with E-state index in [4.69, 9.17) is 0 Å². The summed E-state index contributed by atoms with van der Waals surface area (Å²) in [5, 5.41) is 3.81. The average molecular weight is 230 g/mol. The van der Waals surface area contributed by atoms with Crippen molar-refractivity contribution in [1.82, 2.24) is 9.78 Å². The van der Waals surface area contributed by atoms with Crippen molar-refractivity contribution < 1.29 is 64.3 Å². The molecule has 0 fully saturated rings. The van der Waals surface area contributed by atoms with E-state index < -0.39 is 13.3 Å². The third-order valence-electron chi connectivity index (χ3n) is 1.63. The van der Waals surface area contributed by atoms with E-state index >= 15 is 0 Å². The van der Waals surface area contributed by atoms with Crippen LogP contribution in [0.2, 0.25) is 0 Å². The second kappa shape index (κ2) is 5.69. The summed E-state index contributed by atoms with van der Waals surface area (Å²) in [5.74, 6) is 0. The molecular weight excluding hydrogens is 219 g/mol. The number of aromatic nitrogens is 2. The first kappa shape index (κ1) is 14.7. The molecule has 0 spiro atoms.